The average molecular weight is 199 g/mol. The molecule has 2 rings (SSSR count). The number of hydrogen-bond acceptors (Lipinski definition) is 2. The molecule has 0 heterocycles. The molecule has 0 aromatic rings. The molecule has 4 heteroatoms. The van der Waals surface area contributed by atoms with Crippen LogP contribution in [0, 0.1) is 5.41 Å². The second kappa shape index (κ2) is 3.94. The summed E-state index contributed by atoms with van der Waals surface area (Å²) in [5, 5.41) is 0. The predicted molar refractivity (Wildman–Crippen MR) is 51.1 cm³/mol. The second-order valence-electron chi connectivity index (χ2n) is 3.63. The number of halogens is 2. The first kappa shape index (κ1) is 11.5. The van der Waals surface area contributed by atoms with Crippen LogP contribution >= 0.6 is 24.8 Å². The van der Waals surface area contributed by atoms with Gasteiger partial charge in [-0.05, 0) is 31.1 Å². The molecule has 1 spiro atoms. The van der Waals surface area contributed by atoms with Gasteiger partial charge in [0.2, 0.25) is 0 Å². The van der Waals surface area contributed by atoms with Crippen molar-refractivity contribution in [2.45, 2.75) is 38.1 Å². The molecular formula is C7H16Cl2N2. The summed E-state index contributed by atoms with van der Waals surface area (Å²) < 4.78 is 0. The van der Waals surface area contributed by atoms with Gasteiger partial charge in [-0.2, -0.15) is 0 Å². The van der Waals surface area contributed by atoms with Gasteiger partial charge in [0.1, 0.15) is 0 Å². The van der Waals surface area contributed by atoms with Gasteiger partial charge in [-0.25, -0.2) is 0 Å². The summed E-state index contributed by atoms with van der Waals surface area (Å²) >= 11 is 0. The summed E-state index contributed by atoms with van der Waals surface area (Å²) in [4.78, 5) is 0. The van der Waals surface area contributed by atoms with Crippen LogP contribution in [0.25, 0.3) is 0 Å². The Morgan fingerprint density at radius 2 is 1.73 bits per heavy atom. The molecule has 0 unspecified atom stereocenters. The van der Waals surface area contributed by atoms with Crippen molar-refractivity contribution in [3.63, 3.8) is 0 Å². The van der Waals surface area contributed by atoms with Crippen LogP contribution in [0.15, 0.2) is 0 Å². The SMILES string of the molecule is Cl.Cl.NNC1CC2(CCC2)C1. The quantitative estimate of drug-likeness (QED) is 0.497. The summed E-state index contributed by atoms with van der Waals surface area (Å²) in [5.41, 5.74) is 3.60. The van der Waals surface area contributed by atoms with Gasteiger partial charge in [-0.1, -0.05) is 6.42 Å². The Labute approximate surface area is 80.1 Å². The summed E-state index contributed by atoms with van der Waals surface area (Å²) in [6, 6.07) is 0.644. The van der Waals surface area contributed by atoms with Gasteiger partial charge in [-0.3, -0.25) is 11.3 Å². The van der Waals surface area contributed by atoms with E-state index in [9.17, 15) is 0 Å². The lowest BCUT2D eigenvalue weighted by molar-refractivity contribution is -0.00192. The zero-order valence-corrected chi connectivity index (χ0v) is 8.14. The maximum Gasteiger partial charge on any atom is 0.0221 e. The molecule has 68 valence electrons. The average Bonchev–Trinajstić information content (AvgIpc) is 1.59. The van der Waals surface area contributed by atoms with Crippen LogP contribution < -0.4 is 11.3 Å². The lowest BCUT2D eigenvalue weighted by Gasteiger charge is -2.53. The number of nitrogens with two attached hydrogens (primary N) is 1. The van der Waals surface area contributed by atoms with Gasteiger partial charge >= 0.3 is 0 Å². The topological polar surface area (TPSA) is 38.0 Å². The Morgan fingerprint density at radius 1 is 1.18 bits per heavy atom. The van der Waals surface area contributed by atoms with E-state index in [1.165, 1.54) is 32.1 Å². The maximum absolute atomic E-state index is 5.28. The Morgan fingerprint density at radius 3 is 2.00 bits per heavy atom. The summed E-state index contributed by atoms with van der Waals surface area (Å²) in [6.07, 6.45) is 7.06. The standard InChI is InChI=1S/C7H14N2.2ClH/c8-9-6-4-7(5-6)2-1-3-7;;/h6,9H,1-5,8H2;2*1H. The predicted octanol–water partition coefficient (Wildman–Crippen LogP) is 1.63. The van der Waals surface area contributed by atoms with E-state index in [0.717, 1.165) is 5.41 Å². The van der Waals surface area contributed by atoms with Crippen LogP contribution in [0.1, 0.15) is 32.1 Å². The Kier molecular flexibility index (Phi) is 4.12. The summed E-state index contributed by atoms with van der Waals surface area (Å²) in [7, 11) is 0. The molecule has 0 bridgehead atoms. The molecule has 0 radical (unpaired) electrons. The number of hydrogen-bond donors (Lipinski definition) is 2. The fourth-order valence-electron chi connectivity index (χ4n) is 2.19. The van der Waals surface area contributed by atoms with Crippen LogP contribution in [0.2, 0.25) is 0 Å². The fourth-order valence-corrected chi connectivity index (χ4v) is 2.19. The molecule has 2 fully saturated rings. The first-order valence-corrected chi connectivity index (χ1v) is 3.81. The highest BCUT2D eigenvalue weighted by molar-refractivity contribution is 5.85. The van der Waals surface area contributed by atoms with Crippen LogP contribution in [0.3, 0.4) is 0 Å². The molecule has 0 saturated heterocycles. The molecule has 2 nitrogen and oxygen atoms in total. The molecular weight excluding hydrogens is 183 g/mol. The third-order valence-electron chi connectivity index (χ3n) is 3.01. The maximum atomic E-state index is 5.28. The van der Waals surface area contributed by atoms with Crippen molar-refractivity contribution in [3.8, 4) is 0 Å². The molecule has 2 aliphatic carbocycles. The van der Waals surface area contributed by atoms with E-state index < -0.39 is 0 Å². The number of hydrazine groups is 1. The van der Waals surface area contributed by atoms with Crippen molar-refractivity contribution in [1.29, 1.82) is 0 Å². The molecule has 0 aliphatic heterocycles. The zero-order chi connectivity index (χ0) is 6.32. The Hall–Kier alpha value is 0.500. The van der Waals surface area contributed by atoms with Gasteiger partial charge in [0.25, 0.3) is 0 Å². The highest BCUT2D eigenvalue weighted by Gasteiger charge is 2.47. The van der Waals surface area contributed by atoms with Crippen molar-refractivity contribution >= 4 is 24.8 Å². The van der Waals surface area contributed by atoms with Crippen LogP contribution in [0.5, 0.6) is 0 Å². The lowest BCUT2D eigenvalue weighted by Crippen LogP contribution is -2.54. The third kappa shape index (κ3) is 1.81. The van der Waals surface area contributed by atoms with Crippen molar-refractivity contribution in [2.75, 3.05) is 0 Å². The van der Waals surface area contributed by atoms with Gasteiger partial charge in [0, 0.05) is 6.04 Å². The van der Waals surface area contributed by atoms with Gasteiger partial charge in [0.05, 0.1) is 0 Å². The van der Waals surface area contributed by atoms with Crippen LogP contribution in [0.4, 0.5) is 0 Å². The van der Waals surface area contributed by atoms with E-state index in [1.807, 2.05) is 0 Å². The lowest BCUT2D eigenvalue weighted by atomic mass is 9.54. The van der Waals surface area contributed by atoms with E-state index in [-0.39, 0.29) is 24.8 Å². The molecule has 2 saturated carbocycles. The molecule has 2 aliphatic rings. The third-order valence-corrected chi connectivity index (χ3v) is 3.01. The minimum Gasteiger partial charge on any atom is -0.271 e. The van der Waals surface area contributed by atoms with Crippen molar-refractivity contribution < 1.29 is 0 Å². The minimum absolute atomic E-state index is 0. The van der Waals surface area contributed by atoms with E-state index in [0.29, 0.717) is 6.04 Å². The van der Waals surface area contributed by atoms with Gasteiger partial charge in [0.15, 0.2) is 0 Å². The van der Waals surface area contributed by atoms with E-state index >= 15 is 0 Å². The van der Waals surface area contributed by atoms with Crippen molar-refractivity contribution in [3.05, 3.63) is 0 Å². The second-order valence-corrected chi connectivity index (χ2v) is 3.63. The molecule has 3 N–H and O–H groups in total. The molecule has 0 atom stereocenters. The van der Waals surface area contributed by atoms with Gasteiger partial charge < -0.3 is 0 Å². The fraction of sp³-hybridized carbons (Fsp3) is 1.00. The number of nitrogens with one attached hydrogen (secondary N) is 1. The van der Waals surface area contributed by atoms with E-state index in [4.69, 9.17) is 5.84 Å². The molecule has 11 heavy (non-hydrogen) atoms. The minimum atomic E-state index is 0. The number of rotatable bonds is 1. The van der Waals surface area contributed by atoms with Crippen molar-refractivity contribution in [2.24, 2.45) is 11.3 Å². The smallest absolute Gasteiger partial charge is 0.0221 e. The van der Waals surface area contributed by atoms with Gasteiger partial charge in [-0.15, -0.1) is 24.8 Å². The zero-order valence-electron chi connectivity index (χ0n) is 6.51. The molecule has 0 amide bonds. The first-order chi connectivity index (χ1) is 4.35. The largest absolute Gasteiger partial charge is 0.271 e. The normalized spacial score (nSPS) is 25.9. The highest BCUT2D eigenvalue weighted by Crippen LogP contribution is 2.55. The summed E-state index contributed by atoms with van der Waals surface area (Å²) in [5.74, 6) is 5.28. The van der Waals surface area contributed by atoms with Crippen molar-refractivity contribution in [1.82, 2.24) is 5.43 Å². The van der Waals surface area contributed by atoms with E-state index in [2.05, 4.69) is 5.43 Å². The van der Waals surface area contributed by atoms with E-state index in [1.54, 1.807) is 0 Å². The van der Waals surface area contributed by atoms with Crippen LogP contribution in [-0.2, 0) is 0 Å². The highest BCUT2D eigenvalue weighted by atomic mass is 35.5. The molecule has 0 aromatic heterocycles. The molecule has 0 aromatic carbocycles. The monoisotopic (exact) mass is 198 g/mol. The Bertz CT molecular complexity index is 118. The Balaban J connectivity index is 0.000000500. The summed E-state index contributed by atoms with van der Waals surface area (Å²) in [6.45, 7) is 0. The van der Waals surface area contributed by atoms with Crippen LogP contribution in [-0.4, -0.2) is 6.04 Å². The first-order valence-electron chi connectivity index (χ1n) is 3.81.